The summed E-state index contributed by atoms with van der Waals surface area (Å²) in [6.07, 6.45) is 0. The van der Waals surface area contributed by atoms with Gasteiger partial charge >= 0.3 is 0 Å². The van der Waals surface area contributed by atoms with Crippen LogP contribution in [-0.2, 0) is 17.3 Å². The van der Waals surface area contributed by atoms with Crippen LogP contribution in [0.15, 0.2) is 76.5 Å². The summed E-state index contributed by atoms with van der Waals surface area (Å²) in [6.45, 7) is 6.10. The monoisotopic (exact) mass is 432 g/mol. The van der Waals surface area contributed by atoms with E-state index >= 15 is 0 Å². The zero-order valence-electron chi connectivity index (χ0n) is 17.7. The highest BCUT2D eigenvalue weighted by atomic mass is 32.2. The van der Waals surface area contributed by atoms with E-state index in [0.717, 1.165) is 11.1 Å². The predicted molar refractivity (Wildman–Crippen MR) is 122 cm³/mol. The normalized spacial score (nSPS) is 15.3. The summed E-state index contributed by atoms with van der Waals surface area (Å²) in [5, 5.41) is 2.88. The van der Waals surface area contributed by atoms with E-state index in [0.29, 0.717) is 33.2 Å². The number of nitrogens with zero attached hydrogens (tertiary/aromatic N) is 1. The molecule has 1 heterocycles. The third-order valence-corrected chi connectivity index (χ3v) is 6.78. The second-order valence-corrected chi connectivity index (χ2v) is 9.31. The molecule has 0 aromatic heterocycles. The number of amides is 2. The summed E-state index contributed by atoms with van der Waals surface area (Å²) in [5.41, 5.74) is 3.39. The molecule has 4 rings (SSSR count). The van der Waals surface area contributed by atoms with Crippen molar-refractivity contribution >= 4 is 28.3 Å². The molecule has 0 aliphatic carbocycles. The summed E-state index contributed by atoms with van der Waals surface area (Å²) in [6, 6.07) is 19.9. The molecule has 1 atom stereocenters. The van der Waals surface area contributed by atoms with Gasteiger partial charge in [0.2, 0.25) is 0 Å². The lowest BCUT2D eigenvalue weighted by molar-refractivity contribution is 0.0940. The van der Waals surface area contributed by atoms with E-state index < -0.39 is 10.8 Å². The van der Waals surface area contributed by atoms with Crippen molar-refractivity contribution in [3.63, 3.8) is 0 Å². The summed E-state index contributed by atoms with van der Waals surface area (Å²) in [7, 11) is -1.54. The van der Waals surface area contributed by atoms with Gasteiger partial charge in [0.1, 0.15) is 0 Å². The van der Waals surface area contributed by atoms with Crippen LogP contribution in [0.3, 0.4) is 0 Å². The number of fused-ring (bicyclic) bond motifs is 2. The Labute approximate surface area is 184 Å². The Morgan fingerprint density at radius 2 is 1.71 bits per heavy atom. The zero-order valence-corrected chi connectivity index (χ0v) is 18.5. The number of hydrogen-bond acceptors (Lipinski definition) is 3. The van der Waals surface area contributed by atoms with Crippen molar-refractivity contribution in [1.29, 1.82) is 0 Å². The molecule has 5 nitrogen and oxygen atoms in total. The Morgan fingerprint density at radius 1 is 1.00 bits per heavy atom. The molecule has 0 saturated heterocycles. The molecule has 0 bridgehead atoms. The van der Waals surface area contributed by atoms with Crippen LogP contribution in [0.2, 0.25) is 0 Å². The average Bonchev–Trinajstić information content (AvgIpc) is 2.84. The number of anilines is 1. The molecule has 1 aliphatic heterocycles. The molecule has 2 amide bonds. The molecular weight excluding hydrogens is 408 g/mol. The Kier molecular flexibility index (Phi) is 5.74. The Morgan fingerprint density at radius 3 is 2.45 bits per heavy atom. The highest BCUT2D eigenvalue weighted by Gasteiger charge is 2.31. The van der Waals surface area contributed by atoms with Crippen molar-refractivity contribution in [2.45, 2.75) is 43.1 Å². The molecule has 3 aromatic rings. The predicted octanol–water partition coefficient (Wildman–Crippen LogP) is 4.46. The van der Waals surface area contributed by atoms with Gasteiger partial charge in [0, 0.05) is 11.6 Å². The van der Waals surface area contributed by atoms with Crippen molar-refractivity contribution in [2.24, 2.45) is 0 Å². The second kappa shape index (κ2) is 8.47. The molecule has 0 spiro atoms. The maximum absolute atomic E-state index is 13.6. The molecule has 31 heavy (non-hydrogen) atoms. The fourth-order valence-corrected chi connectivity index (χ4v) is 5.01. The van der Waals surface area contributed by atoms with E-state index in [1.807, 2.05) is 45.0 Å². The van der Waals surface area contributed by atoms with Crippen molar-refractivity contribution in [3.05, 3.63) is 89.0 Å². The fourth-order valence-electron chi connectivity index (χ4n) is 3.66. The van der Waals surface area contributed by atoms with Crippen LogP contribution in [0.25, 0.3) is 0 Å². The van der Waals surface area contributed by atoms with E-state index in [-0.39, 0.29) is 17.9 Å². The maximum atomic E-state index is 13.6. The molecule has 1 N–H and O–H groups in total. The minimum atomic E-state index is -1.54. The molecule has 158 valence electrons. The standard InChI is InChI=1S/C25H24N2O3S/c1-16(2)26-24(28)18-12-13-23-21(14-18)27(15-19-9-5-4-8-17(19)3)25(29)20-10-6-7-11-22(20)31(23)30/h4-14,16H,15H2,1-3H3,(H,26,28). The van der Waals surface area contributed by atoms with E-state index in [1.54, 1.807) is 47.4 Å². The molecule has 0 fully saturated rings. The van der Waals surface area contributed by atoms with Gasteiger partial charge in [0.05, 0.1) is 38.4 Å². The minimum Gasteiger partial charge on any atom is -0.350 e. The Hall–Kier alpha value is -3.25. The number of hydrogen-bond donors (Lipinski definition) is 1. The number of aryl methyl sites for hydroxylation is 1. The van der Waals surface area contributed by atoms with Crippen LogP contribution in [0.4, 0.5) is 5.69 Å². The smallest absolute Gasteiger partial charge is 0.259 e. The average molecular weight is 433 g/mol. The van der Waals surface area contributed by atoms with Gasteiger partial charge in [-0.2, -0.15) is 0 Å². The third kappa shape index (κ3) is 4.03. The first-order valence-corrected chi connectivity index (χ1v) is 11.3. The molecule has 1 unspecified atom stereocenters. The summed E-state index contributed by atoms with van der Waals surface area (Å²) in [4.78, 5) is 28.9. The molecule has 1 aliphatic rings. The number of nitrogens with one attached hydrogen (secondary N) is 1. The van der Waals surface area contributed by atoms with Crippen molar-refractivity contribution < 1.29 is 13.8 Å². The van der Waals surface area contributed by atoms with Crippen LogP contribution >= 0.6 is 0 Å². The Bertz CT molecular complexity index is 1200. The van der Waals surface area contributed by atoms with Crippen molar-refractivity contribution in [1.82, 2.24) is 5.32 Å². The molecule has 3 aromatic carbocycles. The van der Waals surface area contributed by atoms with Gasteiger partial charge in [-0.25, -0.2) is 4.21 Å². The summed E-state index contributed by atoms with van der Waals surface area (Å²) >= 11 is 0. The van der Waals surface area contributed by atoms with E-state index in [1.165, 1.54) is 0 Å². The third-order valence-electron chi connectivity index (χ3n) is 5.28. The topological polar surface area (TPSA) is 66.5 Å². The Balaban J connectivity index is 1.89. The molecule has 0 radical (unpaired) electrons. The first-order valence-electron chi connectivity index (χ1n) is 10.2. The van der Waals surface area contributed by atoms with E-state index in [2.05, 4.69) is 5.32 Å². The largest absolute Gasteiger partial charge is 0.350 e. The van der Waals surface area contributed by atoms with Crippen LogP contribution in [0, 0.1) is 6.92 Å². The van der Waals surface area contributed by atoms with Gasteiger partial charge in [-0.1, -0.05) is 36.4 Å². The fraction of sp³-hybridized carbons (Fsp3) is 0.200. The van der Waals surface area contributed by atoms with Crippen molar-refractivity contribution in [3.8, 4) is 0 Å². The lowest BCUT2D eigenvalue weighted by Crippen LogP contribution is -2.32. The molecule has 0 saturated carbocycles. The van der Waals surface area contributed by atoms with Gasteiger partial charge in [0.15, 0.2) is 0 Å². The SMILES string of the molecule is Cc1ccccc1CN1C(=O)c2ccccc2S(=O)c2ccc(C(=O)NC(C)C)cc21. The highest BCUT2D eigenvalue weighted by Crippen LogP contribution is 2.36. The van der Waals surface area contributed by atoms with Gasteiger partial charge in [-0.05, 0) is 62.2 Å². The van der Waals surface area contributed by atoms with Crippen LogP contribution < -0.4 is 10.2 Å². The lowest BCUT2D eigenvalue weighted by atomic mass is 10.1. The van der Waals surface area contributed by atoms with E-state index in [9.17, 15) is 13.8 Å². The number of benzene rings is 3. The first kappa shape index (κ1) is 21.0. The lowest BCUT2D eigenvalue weighted by Gasteiger charge is -2.24. The number of carbonyl (C=O) groups excluding carboxylic acids is 2. The molecule has 6 heteroatoms. The van der Waals surface area contributed by atoms with Crippen LogP contribution in [0.5, 0.6) is 0 Å². The van der Waals surface area contributed by atoms with Crippen LogP contribution in [0.1, 0.15) is 45.7 Å². The van der Waals surface area contributed by atoms with Crippen molar-refractivity contribution in [2.75, 3.05) is 4.90 Å². The molecular formula is C25H24N2O3S. The summed E-state index contributed by atoms with van der Waals surface area (Å²) in [5.74, 6) is -0.457. The first-order chi connectivity index (χ1) is 14.9. The zero-order chi connectivity index (χ0) is 22.1. The highest BCUT2D eigenvalue weighted by molar-refractivity contribution is 7.85. The van der Waals surface area contributed by atoms with Gasteiger partial charge in [-0.3, -0.25) is 9.59 Å². The van der Waals surface area contributed by atoms with Gasteiger partial charge < -0.3 is 10.2 Å². The van der Waals surface area contributed by atoms with Gasteiger partial charge in [0.25, 0.3) is 11.8 Å². The number of rotatable bonds is 4. The summed E-state index contributed by atoms with van der Waals surface area (Å²) < 4.78 is 13.4. The maximum Gasteiger partial charge on any atom is 0.259 e. The number of carbonyl (C=O) groups is 2. The minimum absolute atomic E-state index is 0.0191. The second-order valence-electron chi connectivity index (χ2n) is 7.89. The van der Waals surface area contributed by atoms with Crippen LogP contribution in [-0.4, -0.2) is 22.1 Å². The van der Waals surface area contributed by atoms with E-state index in [4.69, 9.17) is 0 Å². The quantitative estimate of drug-likeness (QED) is 0.662. The van der Waals surface area contributed by atoms with Gasteiger partial charge in [-0.15, -0.1) is 0 Å².